The normalized spacial score (nSPS) is 13.0. The number of ether oxygens (including phenoxy) is 1. The van der Waals surface area contributed by atoms with Crippen LogP contribution in [-0.2, 0) is 0 Å². The Kier molecular flexibility index (Phi) is 4.60. The first-order valence-corrected chi connectivity index (χ1v) is 8.64. The van der Waals surface area contributed by atoms with Gasteiger partial charge in [-0.2, -0.15) is 5.10 Å². The van der Waals surface area contributed by atoms with Gasteiger partial charge in [-0.3, -0.25) is 5.43 Å². The van der Waals surface area contributed by atoms with E-state index in [4.69, 9.17) is 21.3 Å². The number of methoxy groups -OCH3 is 1. The number of nitrogens with zero attached hydrogens (tertiary/aromatic N) is 2. The van der Waals surface area contributed by atoms with E-state index < -0.39 is 0 Å². The van der Waals surface area contributed by atoms with Crippen molar-refractivity contribution in [3.63, 3.8) is 0 Å². The van der Waals surface area contributed by atoms with Gasteiger partial charge in [-0.25, -0.2) is 9.38 Å². The fourth-order valence-electron chi connectivity index (χ4n) is 2.81. The van der Waals surface area contributed by atoms with Crippen LogP contribution in [0, 0.1) is 5.82 Å². The van der Waals surface area contributed by atoms with Crippen LogP contribution in [0.4, 0.5) is 10.1 Å². The van der Waals surface area contributed by atoms with E-state index in [0.717, 1.165) is 22.4 Å². The molecule has 0 amide bonds. The molecule has 0 saturated heterocycles. The Morgan fingerprint density at radius 2 is 1.63 bits per heavy atom. The number of rotatable bonds is 3. The van der Waals surface area contributed by atoms with Crippen LogP contribution in [0.1, 0.15) is 16.7 Å². The lowest BCUT2D eigenvalue weighted by atomic mass is 10.0. The van der Waals surface area contributed by atoms with E-state index in [9.17, 15) is 4.39 Å². The number of hydrazone groups is 1. The molecule has 3 aromatic rings. The highest BCUT2D eigenvalue weighted by Gasteiger charge is 2.18. The highest BCUT2D eigenvalue weighted by molar-refractivity contribution is 6.30. The molecule has 1 aliphatic rings. The zero-order chi connectivity index (χ0) is 18.8. The molecule has 0 radical (unpaired) electrons. The summed E-state index contributed by atoms with van der Waals surface area (Å²) in [6.07, 6.45) is 0. The Morgan fingerprint density at radius 1 is 0.926 bits per heavy atom. The van der Waals surface area contributed by atoms with Crippen LogP contribution in [-0.4, -0.2) is 18.7 Å². The van der Waals surface area contributed by atoms with Gasteiger partial charge in [0.25, 0.3) is 0 Å². The van der Waals surface area contributed by atoms with Crippen LogP contribution in [0.25, 0.3) is 0 Å². The Morgan fingerprint density at radius 3 is 2.33 bits per heavy atom. The van der Waals surface area contributed by atoms with E-state index in [-0.39, 0.29) is 5.82 Å². The molecule has 1 heterocycles. The molecule has 4 rings (SSSR count). The highest BCUT2D eigenvalue weighted by Crippen LogP contribution is 2.29. The summed E-state index contributed by atoms with van der Waals surface area (Å²) in [6, 6.07) is 19.1. The predicted octanol–water partition coefficient (Wildman–Crippen LogP) is 4.92. The van der Waals surface area contributed by atoms with Crippen LogP contribution in [0.15, 0.2) is 76.8 Å². The van der Waals surface area contributed by atoms with Crippen LogP contribution in [0.5, 0.6) is 5.75 Å². The highest BCUT2D eigenvalue weighted by atomic mass is 35.5. The minimum atomic E-state index is -0.302. The number of hydrogen-bond acceptors (Lipinski definition) is 4. The molecule has 0 saturated carbocycles. The summed E-state index contributed by atoms with van der Waals surface area (Å²) in [5.41, 5.74) is 6.89. The van der Waals surface area contributed by atoms with Gasteiger partial charge in [0.15, 0.2) is 5.84 Å². The second kappa shape index (κ2) is 7.21. The van der Waals surface area contributed by atoms with Crippen molar-refractivity contribution in [2.24, 2.45) is 10.1 Å². The molecular formula is C21H15ClFN3O. The van der Waals surface area contributed by atoms with E-state index in [1.807, 2.05) is 42.5 Å². The summed E-state index contributed by atoms with van der Waals surface area (Å²) in [6.45, 7) is 0. The van der Waals surface area contributed by atoms with Gasteiger partial charge in [0, 0.05) is 21.7 Å². The van der Waals surface area contributed by atoms with Gasteiger partial charge >= 0.3 is 0 Å². The standard InChI is InChI=1S/C21H15ClFN3O/c1-27-17-10-11-19-18(12-17)20(13-2-6-15(22)7-3-13)25-26-21(24-19)14-4-8-16(23)9-5-14/h2-12H,1H3,(H,24,26). The van der Waals surface area contributed by atoms with Crippen LogP contribution >= 0.6 is 11.6 Å². The van der Waals surface area contributed by atoms with Crippen molar-refractivity contribution in [3.8, 4) is 5.75 Å². The maximum atomic E-state index is 13.3. The Labute approximate surface area is 161 Å². The third-order valence-corrected chi connectivity index (χ3v) is 4.45. The molecular weight excluding hydrogens is 365 g/mol. The third kappa shape index (κ3) is 3.55. The van der Waals surface area contributed by atoms with Crippen LogP contribution in [0.3, 0.4) is 0 Å². The monoisotopic (exact) mass is 379 g/mol. The summed E-state index contributed by atoms with van der Waals surface area (Å²) >= 11 is 6.02. The first kappa shape index (κ1) is 17.2. The molecule has 0 spiro atoms. The van der Waals surface area contributed by atoms with Crippen molar-refractivity contribution < 1.29 is 9.13 Å². The maximum absolute atomic E-state index is 13.3. The number of hydrogen-bond donors (Lipinski definition) is 1. The number of benzene rings is 3. The molecule has 0 fully saturated rings. The van der Waals surface area contributed by atoms with E-state index >= 15 is 0 Å². The Bertz CT molecular complexity index is 1040. The average Bonchev–Trinajstić information content (AvgIpc) is 2.88. The number of fused-ring (bicyclic) bond motifs is 1. The first-order valence-electron chi connectivity index (χ1n) is 8.27. The molecule has 0 atom stereocenters. The van der Waals surface area contributed by atoms with Gasteiger partial charge in [0.2, 0.25) is 0 Å². The summed E-state index contributed by atoms with van der Waals surface area (Å²) < 4.78 is 18.6. The van der Waals surface area contributed by atoms with Crippen molar-refractivity contribution >= 4 is 28.8 Å². The van der Waals surface area contributed by atoms with Gasteiger partial charge < -0.3 is 4.74 Å². The fourth-order valence-corrected chi connectivity index (χ4v) is 2.93. The maximum Gasteiger partial charge on any atom is 0.154 e. The molecule has 0 unspecified atom stereocenters. The van der Waals surface area contributed by atoms with Crippen molar-refractivity contribution in [3.05, 3.63) is 94.3 Å². The lowest BCUT2D eigenvalue weighted by Gasteiger charge is -2.09. The van der Waals surface area contributed by atoms with Gasteiger partial charge in [-0.1, -0.05) is 23.7 Å². The summed E-state index contributed by atoms with van der Waals surface area (Å²) in [5.74, 6) is 0.935. The first-order chi connectivity index (χ1) is 13.1. The van der Waals surface area contributed by atoms with Crippen molar-refractivity contribution in [1.82, 2.24) is 5.43 Å². The minimum absolute atomic E-state index is 0.302. The molecule has 6 heteroatoms. The Hall–Kier alpha value is -3.18. The zero-order valence-electron chi connectivity index (χ0n) is 14.4. The molecule has 0 aliphatic carbocycles. The Balaban J connectivity index is 1.86. The second-order valence-electron chi connectivity index (χ2n) is 5.93. The summed E-state index contributed by atoms with van der Waals surface area (Å²) in [4.78, 5) is 4.69. The number of halogens is 2. The lowest BCUT2D eigenvalue weighted by Crippen LogP contribution is -2.19. The zero-order valence-corrected chi connectivity index (χ0v) is 15.2. The van der Waals surface area contributed by atoms with Gasteiger partial charge in [0.1, 0.15) is 17.3 Å². The fraction of sp³-hybridized carbons (Fsp3) is 0.0476. The molecule has 0 aromatic heterocycles. The average molecular weight is 380 g/mol. The second-order valence-corrected chi connectivity index (χ2v) is 6.37. The van der Waals surface area contributed by atoms with E-state index in [1.165, 1.54) is 12.1 Å². The van der Waals surface area contributed by atoms with E-state index in [2.05, 4.69) is 10.5 Å². The number of amidine groups is 1. The summed E-state index contributed by atoms with van der Waals surface area (Å²) in [5, 5.41) is 5.21. The molecule has 1 N–H and O–H groups in total. The molecule has 134 valence electrons. The van der Waals surface area contributed by atoms with E-state index in [1.54, 1.807) is 19.2 Å². The summed E-state index contributed by atoms with van der Waals surface area (Å²) in [7, 11) is 1.61. The molecule has 3 aromatic carbocycles. The quantitative estimate of drug-likeness (QED) is 0.702. The minimum Gasteiger partial charge on any atom is -0.497 e. The predicted molar refractivity (Wildman–Crippen MR) is 106 cm³/mol. The van der Waals surface area contributed by atoms with Crippen molar-refractivity contribution in [1.29, 1.82) is 0 Å². The molecule has 1 aliphatic heterocycles. The van der Waals surface area contributed by atoms with Crippen LogP contribution in [0.2, 0.25) is 5.02 Å². The number of aliphatic imine (C=N–C) groups is 1. The SMILES string of the molecule is COc1ccc2c(c1)C(c1ccc(Cl)cc1)=NNC(c1ccc(F)cc1)=N2. The van der Waals surface area contributed by atoms with Crippen molar-refractivity contribution in [2.75, 3.05) is 7.11 Å². The van der Waals surface area contributed by atoms with E-state index in [0.29, 0.717) is 22.3 Å². The van der Waals surface area contributed by atoms with Crippen LogP contribution < -0.4 is 10.2 Å². The molecule has 0 bridgehead atoms. The molecule has 4 nitrogen and oxygen atoms in total. The lowest BCUT2D eigenvalue weighted by molar-refractivity contribution is 0.415. The smallest absolute Gasteiger partial charge is 0.154 e. The van der Waals surface area contributed by atoms with Crippen molar-refractivity contribution in [2.45, 2.75) is 0 Å². The topological polar surface area (TPSA) is 46.0 Å². The van der Waals surface area contributed by atoms with Gasteiger partial charge in [0.05, 0.1) is 12.8 Å². The largest absolute Gasteiger partial charge is 0.497 e. The number of nitrogens with one attached hydrogen (secondary N) is 1. The molecule has 27 heavy (non-hydrogen) atoms. The van der Waals surface area contributed by atoms with Gasteiger partial charge in [-0.15, -0.1) is 0 Å². The van der Waals surface area contributed by atoms with Gasteiger partial charge in [-0.05, 0) is 54.6 Å². The third-order valence-electron chi connectivity index (χ3n) is 4.20.